The van der Waals surface area contributed by atoms with Crippen LogP contribution in [0.5, 0.6) is 0 Å². The van der Waals surface area contributed by atoms with E-state index in [1.54, 1.807) is 0 Å². The average Bonchev–Trinajstić information content (AvgIpc) is 2.73. The van der Waals surface area contributed by atoms with Crippen LogP contribution in [0.25, 0.3) is 0 Å². The second kappa shape index (κ2) is 13.3. The maximum Gasteiger partial charge on any atom is 0.220 e. The SMILES string of the molecule is CCOCC1CCC(COCCCC(=O)NC2CCC(C(=O)CC)CC2)CC1.[HH]. The number of carbonyl (C=O) groups is 2. The summed E-state index contributed by atoms with van der Waals surface area (Å²) < 4.78 is 11.4. The fourth-order valence-electron chi connectivity index (χ4n) is 4.58. The third kappa shape index (κ3) is 8.60. The number of hydrogen-bond donors (Lipinski definition) is 1. The number of nitrogens with one attached hydrogen (secondary N) is 1. The third-order valence-corrected chi connectivity index (χ3v) is 6.47. The first-order valence-corrected chi connectivity index (χ1v) is 11.6. The van der Waals surface area contributed by atoms with E-state index in [1.165, 1.54) is 25.7 Å². The number of carbonyl (C=O) groups excluding carboxylic acids is 2. The quantitative estimate of drug-likeness (QED) is 0.492. The van der Waals surface area contributed by atoms with Crippen LogP contribution in [0.4, 0.5) is 0 Å². The zero-order valence-electron chi connectivity index (χ0n) is 18.0. The highest BCUT2D eigenvalue weighted by molar-refractivity contribution is 5.80. The van der Waals surface area contributed by atoms with Gasteiger partial charge in [0, 0.05) is 52.7 Å². The van der Waals surface area contributed by atoms with E-state index < -0.39 is 0 Å². The Morgan fingerprint density at radius 3 is 2.07 bits per heavy atom. The van der Waals surface area contributed by atoms with Crippen molar-refractivity contribution in [1.29, 1.82) is 0 Å². The van der Waals surface area contributed by atoms with E-state index in [0.29, 0.717) is 31.1 Å². The molecule has 0 aromatic carbocycles. The van der Waals surface area contributed by atoms with Gasteiger partial charge in [-0.2, -0.15) is 0 Å². The molecule has 0 unspecified atom stereocenters. The first-order chi connectivity index (χ1) is 13.6. The van der Waals surface area contributed by atoms with E-state index in [-0.39, 0.29) is 19.3 Å². The van der Waals surface area contributed by atoms with Crippen LogP contribution in [0.1, 0.15) is 85.9 Å². The Hall–Kier alpha value is -0.940. The van der Waals surface area contributed by atoms with E-state index >= 15 is 0 Å². The molecule has 0 saturated heterocycles. The molecule has 0 heterocycles. The number of amides is 1. The maximum atomic E-state index is 12.1. The van der Waals surface area contributed by atoms with Gasteiger partial charge in [-0.1, -0.05) is 6.92 Å². The van der Waals surface area contributed by atoms with Crippen molar-refractivity contribution in [3.63, 3.8) is 0 Å². The molecule has 2 saturated carbocycles. The summed E-state index contributed by atoms with van der Waals surface area (Å²) >= 11 is 0. The van der Waals surface area contributed by atoms with Gasteiger partial charge < -0.3 is 14.8 Å². The Morgan fingerprint density at radius 1 is 0.893 bits per heavy atom. The standard InChI is InChI=1S/C23H41NO4.H2/c1-3-22(25)20-11-13-21(14-12-20)24-23(26)6-5-15-28-17-19-9-7-18(8-10-19)16-27-4-2;/h18-21H,3-17H2,1-2H3,(H,24,26);1H. The van der Waals surface area contributed by atoms with Crippen molar-refractivity contribution in [3.05, 3.63) is 0 Å². The first kappa shape index (κ1) is 23.3. The molecule has 0 atom stereocenters. The van der Waals surface area contributed by atoms with Gasteiger partial charge in [-0.25, -0.2) is 0 Å². The molecular formula is C23H43NO4. The second-order valence-electron chi connectivity index (χ2n) is 8.66. The van der Waals surface area contributed by atoms with Crippen LogP contribution >= 0.6 is 0 Å². The fourth-order valence-corrected chi connectivity index (χ4v) is 4.58. The Balaban J connectivity index is 0.00000420. The predicted molar refractivity (Wildman–Crippen MR) is 113 cm³/mol. The highest BCUT2D eigenvalue weighted by Crippen LogP contribution is 2.29. The molecule has 2 fully saturated rings. The average molecular weight is 398 g/mol. The van der Waals surface area contributed by atoms with Gasteiger partial charge in [-0.3, -0.25) is 9.59 Å². The summed E-state index contributed by atoms with van der Waals surface area (Å²) in [4.78, 5) is 23.9. The van der Waals surface area contributed by atoms with Gasteiger partial charge in [0.25, 0.3) is 0 Å². The van der Waals surface area contributed by atoms with Gasteiger partial charge in [0.1, 0.15) is 5.78 Å². The van der Waals surface area contributed by atoms with Crippen LogP contribution in [-0.4, -0.2) is 44.2 Å². The van der Waals surface area contributed by atoms with Crippen molar-refractivity contribution in [2.24, 2.45) is 17.8 Å². The molecule has 2 rings (SSSR count). The molecule has 2 aliphatic rings. The highest BCUT2D eigenvalue weighted by atomic mass is 16.5. The van der Waals surface area contributed by atoms with Crippen LogP contribution in [0, 0.1) is 17.8 Å². The molecule has 5 heteroatoms. The van der Waals surface area contributed by atoms with Crippen molar-refractivity contribution in [2.45, 2.75) is 90.5 Å². The summed E-state index contributed by atoms with van der Waals surface area (Å²) in [5.74, 6) is 2.14. The fraction of sp³-hybridized carbons (Fsp3) is 0.913. The highest BCUT2D eigenvalue weighted by Gasteiger charge is 2.26. The Kier molecular flexibility index (Phi) is 11.1. The van der Waals surface area contributed by atoms with E-state index in [9.17, 15) is 9.59 Å². The molecule has 0 aromatic heterocycles. The Bertz CT molecular complexity index is 458. The monoisotopic (exact) mass is 397 g/mol. The minimum Gasteiger partial charge on any atom is -0.381 e. The van der Waals surface area contributed by atoms with Crippen molar-refractivity contribution < 1.29 is 20.5 Å². The molecule has 0 aromatic rings. The molecular weight excluding hydrogens is 354 g/mol. The van der Waals surface area contributed by atoms with Crippen LogP contribution in [-0.2, 0) is 19.1 Å². The number of hydrogen-bond acceptors (Lipinski definition) is 4. The van der Waals surface area contributed by atoms with Gasteiger partial charge in [-0.15, -0.1) is 0 Å². The normalized spacial score (nSPS) is 28.1. The summed E-state index contributed by atoms with van der Waals surface area (Å²) in [6.45, 7) is 7.22. The lowest BCUT2D eigenvalue weighted by atomic mass is 9.83. The third-order valence-electron chi connectivity index (χ3n) is 6.47. The van der Waals surface area contributed by atoms with Crippen molar-refractivity contribution >= 4 is 11.7 Å². The van der Waals surface area contributed by atoms with Crippen LogP contribution in [0.2, 0.25) is 0 Å². The van der Waals surface area contributed by atoms with E-state index in [1.807, 2.05) is 6.92 Å². The molecule has 5 nitrogen and oxygen atoms in total. The predicted octanol–water partition coefficient (Wildman–Crippen LogP) is 4.53. The molecule has 0 aliphatic heterocycles. The summed E-state index contributed by atoms with van der Waals surface area (Å²) in [6.07, 6.45) is 10.7. The zero-order valence-corrected chi connectivity index (χ0v) is 18.0. The molecule has 28 heavy (non-hydrogen) atoms. The van der Waals surface area contributed by atoms with E-state index in [2.05, 4.69) is 12.2 Å². The lowest BCUT2D eigenvalue weighted by molar-refractivity contribution is -0.124. The topological polar surface area (TPSA) is 64.6 Å². The summed E-state index contributed by atoms with van der Waals surface area (Å²) in [5, 5.41) is 3.14. The van der Waals surface area contributed by atoms with Crippen LogP contribution in [0.15, 0.2) is 0 Å². The van der Waals surface area contributed by atoms with Gasteiger partial charge in [0.15, 0.2) is 0 Å². The van der Waals surface area contributed by atoms with Gasteiger partial charge in [0.2, 0.25) is 5.91 Å². The Labute approximate surface area is 172 Å². The number of ketones is 1. The zero-order chi connectivity index (χ0) is 20.2. The largest absolute Gasteiger partial charge is 0.381 e. The molecule has 164 valence electrons. The van der Waals surface area contributed by atoms with Crippen LogP contribution in [0.3, 0.4) is 0 Å². The minimum absolute atomic E-state index is 0. The van der Waals surface area contributed by atoms with Crippen molar-refractivity contribution in [2.75, 3.05) is 26.4 Å². The lowest BCUT2D eigenvalue weighted by Gasteiger charge is -2.28. The van der Waals surface area contributed by atoms with Gasteiger partial charge >= 0.3 is 0 Å². The molecule has 1 amide bonds. The Morgan fingerprint density at radius 2 is 1.50 bits per heavy atom. The van der Waals surface area contributed by atoms with Gasteiger partial charge in [-0.05, 0) is 76.5 Å². The minimum atomic E-state index is 0. The van der Waals surface area contributed by atoms with Crippen molar-refractivity contribution in [3.8, 4) is 0 Å². The van der Waals surface area contributed by atoms with Crippen molar-refractivity contribution in [1.82, 2.24) is 5.32 Å². The van der Waals surface area contributed by atoms with Crippen LogP contribution < -0.4 is 5.32 Å². The smallest absolute Gasteiger partial charge is 0.220 e. The summed E-state index contributed by atoms with van der Waals surface area (Å²) in [7, 11) is 0. The lowest BCUT2D eigenvalue weighted by Crippen LogP contribution is -2.38. The molecule has 2 aliphatic carbocycles. The summed E-state index contributed by atoms with van der Waals surface area (Å²) in [5.41, 5.74) is 0. The molecule has 0 radical (unpaired) electrons. The maximum absolute atomic E-state index is 12.1. The summed E-state index contributed by atoms with van der Waals surface area (Å²) in [6, 6.07) is 0.251. The van der Waals surface area contributed by atoms with E-state index in [0.717, 1.165) is 57.8 Å². The number of rotatable bonds is 12. The number of Topliss-reactive ketones (excluding diaryl/α,β-unsaturated/α-hetero) is 1. The molecule has 1 N–H and O–H groups in total. The van der Waals surface area contributed by atoms with Gasteiger partial charge in [0.05, 0.1) is 0 Å². The molecule has 0 spiro atoms. The molecule has 0 bridgehead atoms. The van der Waals surface area contributed by atoms with E-state index in [4.69, 9.17) is 9.47 Å². The number of ether oxygens (including phenoxy) is 2. The second-order valence-corrected chi connectivity index (χ2v) is 8.66. The first-order valence-electron chi connectivity index (χ1n) is 11.6.